The first-order valence-electron chi connectivity index (χ1n) is 6.56. The Kier molecular flexibility index (Phi) is 4.81. The normalized spacial score (nSPS) is 10.2. The number of hydrogen-bond donors (Lipinski definition) is 1. The highest BCUT2D eigenvalue weighted by molar-refractivity contribution is 5.95. The third-order valence-electron chi connectivity index (χ3n) is 2.95. The van der Waals surface area contributed by atoms with Crippen molar-refractivity contribution in [2.24, 2.45) is 0 Å². The van der Waals surface area contributed by atoms with Crippen molar-refractivity contribution < 1.29 is 18.8 Å². The van der Waals surface area contributed by atoms with Crippen LogP contribution in [0.15, 0.2) is 28.8 Å². The molecule has 1 N–H and O–H groups in total. The largest absolute Gasteiger partial charge is 0.497 e. The summed E-state index contributed by atoms with van der Waals surface area (Å²) in [6.07, 6.45) is 0.591. The summed E-state index contributed by atoms with van der Waals surface area (Å²) < 4.78 is 15.4. The maximum absolute atomic E-state index is 12.1. The van der Waals surface area contributed by atoms with Crippen LogP contribution in [0.1, 0.15) is 21.8 Å². The van der Waals surface area contributed by atoms with Crippen molar-refractivity contribution >= 4 is 5.91 Å². The minimum absolute atomic E-state index is 0.191. The second-order valence-corrected chi connectivity index (χ2v) is 4.54. The fourth-order valence-corrected chi connectivity index (χ4v) is 1.87. The zero-order valence-corrected chi connectivity index (χ0v) is 12.3. The number of aryl methyl sites for hydroxylation is 1. The maximum Gasteiger partial charge on any atom is 0.251 e. The van der Waals surface area contributed by atoms with Crippen LogP contribution in [0.5, 0.6) is 11.5 Å². The second kappa shape index (κ2) is 6.78. The molecule has 0 atom stereocenters. The lowest BCUT2D eigenvalue weighted by Crippen LogP contribution is -2.25. The molecule has 1 aromatic heterocycles. The first kappa shape index (κ1) is 14.9. The Morgan fingerprint density at radius 3 is 2.38 bits per heavy atom. The first-order chi connectivity index (χ1) is 10.1. The molecule has 1 amide bonds. The van der Waals surface area contributed by atoms with E-state index in [1.54, 1.807) is 32.4 Å². The van der Waals surface area contributed by atoms with E-state index in [9.17, 15) is 4.79 Å². The predicted octanol–water partition coefficient (Wildman–Crippen LogP) is 1.97. The first-order valence-corrected chi connectivity index (χ1v) is 6.56. The smallest absolute Gasteiger partial charge is 0.251 e. The number of nitrogens with zero attached hydrogens (tertiary/aromatic N) is 1. The quantitative estimate of drug-likeness (QED) is 0.880. The van der Waals surface area contributed by atoms with Gasteiger partial charge in [0, 0.05) is 30.7 Å². The zero-order chi connectivity index (χ0) is 15.2. The van der Waals surface area contributed by atoms with E-state index in [4.69, 9.17) is 14.0 Å². The monoisotopic (exact) mass is 290 g/mol. The highest BCUT2D eigenvalue weighted by Crippen LogP contribution is 2.22. The SMILES string of the molecule is COc1cc(OC)cc(C(=O)NCCc2cc(C)no2)c1. The van der Waals surface area contributed by atoms with Crippen molar-refractivity contribution in [1.29, 1.82) is 0 Å². The van der Waals surface area contributed by atoms with Crippen LogP contribution < -0.4 is 14.8 Å². The van der Waals surface area contributed by atoms with Crippen molar-refractivity contribution in [3.8, 4) is 11.5 Å². The van der Waals surface area contributed by atoms with Crippen LogP contribution in [-0.4, -0.2) is 31.8 Å². The second-order valence-electron chi connectivity index (χ2n) is 4.54. The maximum atomic E-state index is 12.1. The van der Waals surface area contributed by atoms with Gasteiger partial charge in [0.15, 0.2) is 0 Å². The van der Waals surface area contributed by atoms with Gasteiger partial charge in [-0.15, -0.1) is 0 Å². The van der Waals surface area contributed by atoms with Gasteiger partial charge >= 0.3 is 0 Å². The van der Waals surface area contributed by atoms with Crippen LogP contribution in [0.25, 0.3) is 0 Å². The number of benzene rings is 1. The summed E-state index contributed by atoms with van der Waals surface area (Å²) >= 11 is 0. The average Bonchev–Trinajstić information content (AvgIpc) is 2.92. The minimum atomic E-state index is -0.191. The lowest BCUT2D eigenvalue weighted by molar-refractivity contribution is 0.0953. The number of carbonyl (C=O) groups is 1. The van der Waals surface area contributed by atoms with Gasteiger partial charge in [-0.25, -0.2) is 0 Å². The number of aromatic nitrogens is 1. The molecule has 0 fully saturated rings. The van der Waals surface area contributed by atoms with Crippen LogP contribution >= 0.6 is 0 Å². The van der Waals surface area contributed by atoms with Gasteiger partial charge in [0.2, 0.25) is 0 Å². The molecule has 112 valence electrons. The van der Waals surface area contributed by atoms with Gasteiger partial charge in [-0.05, 0) is 19.1 Å². The lowest BCUT2D eigenvalue weighted by atomic mass is 10.2. The number of carbonyl (C=O) groups excluding carboxylic acids is 1. The Bertz CT molecular complexity index is 600. The van der Waals surface area contributed by atoms with Gasteiger partial charge < -0.3 is 19.3 Å². The lowest BCUT2D eigenvalue weighted by Gasteiger charge is -2.08. The summed E-state index contributed by atoms with van der Waals surface area (Å²) in [6, 6.07) is 6.89. The molecular weight excluding hydrogens is 272 g/mol. The average molecular weight is 290 g/mol. The predicted molar refractivity (Wildman–Crippen MR) is 76.8 cm³/mol. The summed E-state index contributed by atoms with van der Waals surface area (Å²) in [5.74, 6) is 1.70. The van der Waals surface area contributed by atoms with Crippen molar-refractivity contribution in [3.63, 3.8) is 0 Å². The Hall–Kier alpha value is -2.50. The molecule has 0 spiro atoms. The Balaban J connectivity index is 1.96. The number of amides is 1. The molecule has 1 heterocycles. The molecule has 0 unspecified atom stereocenters. The molecule has 0 radical (unpaired) electrons. The summed E-state index contributed by atoms with van der Waals surface area (Å²) in [5.41, 5.74) is 1.31. The molecule has 21 heavy (non-hydrogen) atoms. The topological polar surface area (TPSA) is 73.6 Å². The molecule has 0 saturated heterocycles. The molecule has 0 bridgehead atoms. The van der Waals surface area contributed by atoms with E-state index in [0.717, 1.165) is 11.5 Å². The number of methoxy groups -OCH3 is 2. The van der Waals surface area contributed by atoms with E-state index in [-0.39, 0.29) is 5.91 Å². The van der Waals surface area contributed by atoms with Crippen molar-refractivity contribution in [3.05, 3.63) is 41.3 Å². The minimum Gasteiger partial charge on any atom is -0.497 e. The third-order valence-corrected chi connectivity index (χ3v) is 2.95. The Labute approximate surface area is 123 Å². The van der Waals surface area contributed by atoms with Gasteiger partial charge in [-0.1, -0.05) is 5.16 Å². The molecule has 2 aromatic rings. The van der Waals surface area contributed by atoms with E-state index in [2.05, 4.69) is 10.5 Å². The molecule has 1 aromatic carbocycles. The molecule has 6 heteroatoms. The van der Waals surface area contributed by atoms with Crippen LogP contribution in [0, 0.1) is 6.92 Å². The van der Waals surface area contributed by atoms with E-state index < -0.39 is 0 Å². The van der Waals surface area contributed by atoms with E-state index in [1.807, 2.05) is 13.0 Å². The van der Waals surface area contributed by atoms with Crippen molar-refractivity contribution in [1.82, 2.24) is 10.5 Å². The fourth-order valence-electron chi connectivity index (χ4n) is 1.87. The highest BCUT2D eigenvalue weighted by Gasteiger charge is 2.10. The standard InChI is InChI=1S/C15H18N2O4/c1-10-6-12(21-17-10)4-5-16-15(18)11-7-13(19-2)9-14(8-11)20-3/h6-9H,4-5H2,1-3H3,(H,16,18). The highest BCUT2D eigenvalue weighted by atomic mass is 16.5. The summed E-state index contributed by atoms with van der Waals surface area (Å²) in [4.78, 5) is 12.1. The molecule has 0 saturated carbocycles. The van der Waals surface area contributed by atoms with Crippen LogP contribution in [-0.2, 0) is 6.42 Å². The zero-order valence-electron chi connectivity index (χ0n) is 12.3. The van der Waals surface area contributed by atoms with Gasteiger partial charge in [0.1, 0.15) is 17.3 Å². The molecule has 0 aliphatic carbocycles. The summed E-state index contributed by atoms with van der Waals surface area (Å²) in [6.45, 7) is 2.32. The number of nitrogens with one attached hydrogen (secondary N) is 1. The number of ether oxygens (including phenoxy) is 2. The summed E-state index contributed by atoms with van der Waals surface area (Å²) in [7, 11) is 3.09. The Morgan fingerprint density at radius 2 is 1.86 bits per heavy atom. The van der Waals surface area contributed by atoms with Crippen LogP contribution in [0.2, 0.25) is 0 Å². The number of rotatable bonds is 6. The Morgan fingerprint density at radius 1 is 1.19 bits per heavy atom. The van der Waals surface area contributed by atoms with E-state index in [0.29, 0.717) is 30.0 Å². The molecule has 0 aliphatic rings. The third kappa shape index (κ3) is 3.98. The summed E-state index contributed by atoms with van der Waals surface area (Å²) in [5, 5.41) is 6.62. The molecule has 6 nitrogen and oxygen atoms in total. The van der Waals surface area contributed by atoms with Gasteiger partial charge in [0.05, 0.1) is 19.9 Å². The molecular formula is C15H18N2O4. The molecule has 2 rings (SSSR count). The van der Waals surface area contributed by atoms with Crippen molar-refractivity contribution in [2.45, 2.75) is 13.3 Å². The van der Waals surface area contributed by atoms with E-state index >= 15 is 0 Å². The fraction of sp³-hybridized carbons (Fsp3) is 0.333. The van der Waals surface area contributed by atoms with E-state index in [1.165, 1.54) is 0 Å². The van der Waals surface area contributed by atoms with Crippen LogP contribution in [0.4, 0.5) is 0 Å². The van der Waals surface area contributed by atoms with Crippen LogP contribution in [0.3, 0.4) is 0 Å². The number of hydrogen-bond acceptors (Lipinski definition) is 5. The van der Waals surface area contributed by atoms with Gasteiger partial charge in [-0.3, -0.25) is 4.79 Å². The van der Waals surface area contributed by atoms with Gasteiger partial charge in [-0.2, -0.15) is 0 Å². The van der Waals surface area contributed by atoms with Gasteiger partial charge in [0.25, 0.3) is 5.91 Å². The van der Waals surface area contributed by atoms with Crippen molar-refractivity contribution in [2.75, 3.05) is 20.8 Å². The molecule has 0 aliphatic heterocycles.